The van der Waals surface area contributed by atoms with Gasteiger partial charge in [0.1, 0.15) is 5.01 Å². The minimum absolute atomic E-state index is 0.0826. The molecule has 0 aliphatic carbocycles. The summed E-state index contributed by atoms with van der Waals surface area (Å²) in [7, 11) is 1.91. The number of anilines is 1. The fourth-order valence-corrected chi connectivity index (χ4v) is 2.99. The van der Waals surface area contributed by atoms with Crippen LogP contribution in [0.5, 0.6) is 0 Å². The molecule has 2 aromatic heterocycles. The van der Waals surface area contributed by atoms with E-state index in [0.29, 0.717) is 11.7 Å². The average Bonchev–Trinajstić information content (AvgIpc) is 3.07. The van der Waals surface area contributed by atoms with Crippen LogP contribution in [0.1, 0.15) is 15.6 Å². The molecule has 8 nitrogen and oxygen atoms in total. The van der Waals surface area contributed by atoms with Gasteiger partial charge in [-0.1, -0.05) is 11.3 Å². The molecule has 2 aromatic rings. The van der Waals surface area contributed by atoms with E-state index >= 15 is 0 Å². The molecule has 0 aliphatic rings. The number of rotatable bonds is 5. The lowest BCUT2D eigenvalue weighted by atomic mass is 10.3. The van der Waals surface area contributed by atoms with Crippen molar-refractivity contribution in [3.63, 3.8) is 0 Å². The highest BCUT2D eigenvalue weighted by atomic mass is 32.1. The SMILES string of the molecule is Cc1nnc(NC(=O)CN(C)Cc2scnc2C)s1.O=C(O)C(F)(F)F. The molecule has 0 bridgehead atoms. The molecular weight excluding hydrogens is 395 g/mol. The Balaban J connectivity index is 0.000000412. The fourth-order valence-electron chi connectivity index (χ4n) is 1.53. The van der Waals surface area contributed by atoms with Gasteiger partial charge in [-0.05, 0) is 20.9 Å². The van der Waals surface area contributed by atoms with E-state index in [4.69, 9.17) is 9.90 Å². The van der Waals surface area contributed by atoms with Crippen molar-refractivity contribution in [1.82, 2.24) is 20.1 Å². The first-order valence-corrected chi connectivity index (χ1v) is 8.66. The zero-order valence-corrected chi connectivity index (χ0v) is 15.6. The molecule has 13 heteroatoms. The Morgan fingerprint density at radius 3 is 2.35 bits per heavy atom. The van der Waals surface area contributed by atoms with E-state index in [1.54, 1.807) is 11.3 Å². The van der Waals surface area contributed by atoms with Crippen LogP contribution in [-0.2, 0) is 16.1 Å². The van der Waals surface area contributed by atoms with Crippen LogP contribution in [0.3, 0.4) is 0 Å². The van der Waals surface area contributed by atoms with Gasteiger partial charge < -0.3 is 5.11 Å². The number of amides is 1. The lowest BCUT2D eigenvalue weighted by molar-refractivity contribution is -0.192. The number of thiazole rings is 1. The van der Waals surface area contributed by atoms with Gasteiger partial charge in [0.2, 0.25) is 11.0 Å². The van der Waals surface area contributed by atoms with E-state index < -0.39 is 12.1 Å². The van der Waals surface area contributed by atoms with Crippen molar-refractivity contribution in [3.8, 4) is 0 Å². The third-order valence-corrected chi connectivity index (χ3v) is 4.36. The van der Waals surface area contributed by atoms with Crippen molar-refractivity contribution in [3.05, 3.63) is 21.1 Å². The quantitative estimate of drug-likeness (QED) is 0.777. The third-order valence-electron chi connectivity index (χ3n) is 2.69. The Morgan fingerprint density at radius 2 is 1.92 bits per heavy atom. The van der Waals surface area contributed by atoms with E-state index in [2.05, 4.69) is 20.5 Å². The molecule has 0 aliphatic heterocycles. The first-order chi connectivity index (χ1) is 12.0. The number of carbonyl (C=O) groups excluding carboxylic acids is 1. The highest BCUT2D eigenvalue weighted by Crippen LogP contribution is 2.15. The number of carboxylic acids is 1. The highest BCUT2D eigenvalue weighted by molar-refractivity contribution is 7.15. The maximum Gasteiger partial charge on any atom is 0.490 e. The molecule has 0 fully saturated rings. The van der Waals surface area contributed by atoms with Crippen LogP contribution in [-0.4, -0.2) is 56.8 Å². The summed E-state index contributed by atoms with van der Waals surface area (Å²) < 4.78 is 31.7. The molecule has 2 heterocycles. The lowest BCUT2D eigenvalue weighted by Gasteiger charge is -2.14. The second-order valence-corrected chi connectivity index (χ2v) is 7.13. The molecular formula is C13H16F3N5O3S2. The zero-order valence-electron chi connectivity index (χ0n) is 14.0. The highest BCUT2D eigenvalue weighted by Gasteiger charge is 2.38. The maximum atomic E-state index is 11.8. The molecule has 0 spiro atoms. The Hall–Kier alpha value is -2.12. The number of nitrogens with one attached hydrogen (secondary N) is 1. The van der Waals surface area contributed by atoms with Gasteiger partial charge in [-0.15, -0.1) is 21.5 Å². The first kappa shape index (κ1) is 21.9. The molecule has 144 valence electrons. The normalized spacial score (nSPS) is 11.0. The summed E-state index contributed by atoms with van der Waals surface area (Å²) in [6, 6.07) is 0. The Morgan fingerprint density at radius 1 is 1.31 bits per heavy atom. The largest absolute Gasteiger partial charge is 0.490 e. The van der Waals surface area contributed by atoms with E-state index in [9.17, 15) is 18.0 Å². The minimum atomic E-state index is -5.08. The van der Waals surface area contributed by atoms with Crippen LogP contribution in [0.4, 0.5) is 18.3 Å². The van der Waals surface area contributed by atoms with Crippen LogP contribution < -0.4 is 5.32 Å². The summed E-state index contributed by atoms with van der Waals surface area (Å²) >= 11 is 2.98. The van der Waals surface area contributed by atoms with E-state index in [-0.39, 0.29) is 5.91 Å². The van der Waals surface area contributed by atoms with Crippen molar-refractivity contribution in [2.24, 2.45) is 0 Å². The predicted molar refractivity (Wildman–Crippen MR) is 90.2 cm³/mol. The third kappa shape index (κ3) is 7.84. The number of hydrogen-bond acceptors (Lipinski definition) is 8. The summed E-state index contributed by atoms with van der Waals surface area (Å²) in [6.45, 7) is 4.87. The molecule has 0 atom stereocenters. The monoisotopic (exact) mass is 411 g/mol. The Kier molecular flexibility index (Phi) is 8.05. The predicted octanol–water partition coefficient (Wildman–Crippen LogP) is 2.32. The Labute approximate surface area is 154 Å². The number of aryl methyl sites for hydroxylation is 2. The number of nitrogens with zero attached hydrogens (tertiary/aromatic N) is 4. The summed E-state index contributed by atoms with van der Waals surface area (Å²) in [5.74, 6) is -2.84. The fraction of sp³-hybridized carbons (Fsp3) is 0.462. The van der Waals surface area contributed by atoms with Crippen LogP contribution in [0.15, 0.2) is 5.51 Å². The number of halogens is 3. The zero-order chi connectivity index (χ0) is 19.9. The molecule has 0 aromatic carbocycles. The molecule has 0 saturated heterocycles. The minimum Gasteiger partial charge on any atom is -0.475 e. The van der Waals surface area contributed by atoms with Gasteiger partial charge in [-0.3, -0.25) is 15.0 Å². The summed E-state index contributed by atoms with van der Waals surface area (Å²) in [4.78, 5) is 28.0. The van der Waals surface area contributed by atoms with Gasteiger partial charge in [-0.2, -0.15) is 13.2 Å². The van der Waals surface area contributed by atoms with Crippen LogP contribution in [0.25, 0.3) is 0 Å². The second kappa shape index (κ2) is 9.54. The lowest BCUT2D eigenvalue weighted by Crippen LogP contribution is -2.29. The van der Waals surface area contributed by atoms with Crippen molar-refractivity contribution >= 4 is 39.7 Å². The van der Waals surface area contributed by atoms with Crippen molar-refractivity contribution in [1.29, 1.82) is 0 Å². The van der Waals surface area contributed by atoms with E-state index in [1.165, 1.54) is 16.2 Å². The van der Waals surface area contributed by atoms with E-state index in [0.717, 1.165) is 17.2 Å². The average molecular weight is 411 g/mol. The molecule has 0 unspecified atom stereocenters. The molecule has 26 heavy (non-hydrogen) atoms. The Bertz CT molecular complexity index is 747. The number of alkyl halides is 3. The molecule has 2 N–H and O–H groups in total. The van der Waals surface area contributed by atoms with Gasteiger partial charge >= 0.3 is 12.1 Å². The first-order valence-electron chi connectivity index (χ1n) is 6.96. The van der Waals surface area contributed by atoms with Gasteiger partial charge in [0, 0.05) is 11.4 Å². The van der Waals surface area contributed by atoms with Crippen molar-refractivity contribution in [2.75, 3.05) is 18.9 Å². The summed E-state index contributed by atoms with van der Waals surface area (Å²) in [5, 5.41) is 19.0. The number of aromatic nitrogens is 3. The standard InChI is InChI=1S/C11H15N5OS2.C2HF3O2/c1-7-9(18-6-12-7)4-16(3)5-10(17)13-11-15-14-8(2)19-11;3-2(4,5)1(6)7/h6H,4-5H2,1-3H3,(H,13,15,17);(H,6,7). The number of carboxylic acid groups (broad SMARTS) is 1. The summed E-state index contributed by atoms with van der Waals surface area (Å²) in [6.07, 6.45) is -5.08. The molecule has 0 saturated carbocycles. The number of aliphatic carboxylic acids is 1. The number of carbonyl (C=O) groups is 2. The molecule has 1 amide bonds. The maximum absolute atomic E-state index is 11.8. The van der Waals surface area contributed by atoms with Crippen molar-refractivity contribution < 1.29 is 27.9 Å². The molecule has 0 radical (unpaired) electrons. The van der Waals surface area contributed by atoms with Gasteiger partial charge in [0.05, 0.1) is 17.7 Å². The van der Waals surface area contributed by atoms with Crippen LogP contribution in [0.2, 0.25) is 0 Å². The second-order valence-electron chi connectivity index (χ2n) is 5.01. The van der Waals surface area contributed by atoms with Gasteiger partial charge in [0.25, 0.3) is 0 Å². The number of likely N-dealkylation sites (N-methyl/N-ethyl adjacent to an activating group) is 1. The van der Waals surface area contributed by atoms with Crippen LogP contribution >= 0.6 is 22.7 Å². The van der Waals surface area contributed by atoms with Crippen LogP contribution in [0, 0.1) is 13.8 Å². The van der Waals surface area contributed by atoms with Gasteiger partial charge in [-0.25, -0.2) is 9.78 Å². The molecule has 2 rings (SSSR count). The smallest absolute Gasteiger partial charge is 0.475 e. The van der Waals surface area contributed by atoms with Crippen molar-refractivity contribution in [2.45, 2.75) is 26.6 Å². The van der Waals surface area contributed by atoms with Gasteiger partial charge in [0.15, 0.2) is 0 Å². The number of hydrogen-bond donors (Lipinski definition) is 2. The van der Waals surface area contributed by atoms with E-state index in [1.807, 2.05) is 31.3 Å². The topological polar surface area (TPSA) is 108 Å². The summed E-state index contributed by atoms with van der Waals surface area (Å²) in [5.41, 5.74) is 2.85.